The summed E-state index contributed by atoms with van der Waals surface area (Å²) >= 11 is 0. The van der Waals surface area contributed by atoms with E-state index in [-0.39, 0.29) is 24.2 Å². The number of aromatic nitrogens is 2. The van der Waals surface area contributed by atoms with E-state index >= 15 is 0 Å². The number of hydrogen-bond donors (Lipinski definition) is 0. The summed E-state index contributed by atoms with van der Waals surface area (Å²) in [7, 11) is 1.61. The second kappa shape index (κ2) is 9.12. The monoisotopic (exact) mass is 424 g/mol. The van der Waals surface area contributed by atoms with Crippen LogP contribution in [0.3, 0.4) is 0 Å². The third-order valence-electron chi connectivity index (χ3n) is 6.48. The Kier molecular flexibility index (Phi) is 6.30. The Balaban J connectivity index is 1.32. The number of piperidine rings is 1. The van der Waals surface area contributed by atoms with Crippen molar-refractivity contribution in [2.75, 3.05) is 31.6 Å². The van der Waals surface area contributed by atoms with Crippen LogP contribution in [0.5, 0.6) is 5.75 Å². The van der Waals surface area contributed by atoms with E-state index in [9.17, 15) is 9.59 Å². The van der Waals surface area contributed by atoms with Crippen LogP contribution < -0.4 is 9.64 Å². The average Bonchev–Trinajstić information content (AvgIpc) is 3.40. The van der Waals surface area contributed by atoms with Gasteiger partial charge >= 0.3 is 0 Å². The standard InChI is InChI=1S/C24H32N4O3/c1-17(2)23-25-9-12-27(23)15-18-7-10-26(11-8-18)24(30)19-13-22(29)28(16-19)20-5-4-6-21(14-20)31-3/h4-6,9,12,14,17-19H,7-8,10-11,13,15-16H2,1-3H3. The van der Waals surface area contributed by atoms with Crippen molar-refractivity contribution < 1.29 is 14.3 Å². The Hall–Kier alpha value is -2.83. The topological polar surface area (TPSA) is 67.7 Å². The van der Waals surface area contributed by atoms with Gasteiger partial charge in [0.05, 0.1) is 13.0 Å². The molecule has 1 atom stereocenters. The highest BCUT2D eigenvalue weighted by Gasteiger charge is 2.38. The van der Waals surface area contributed by atoms with Gasteiger partial charge in [0.2, 0.25) is 11.8 Å². The Morgan fingerprint density at radius 2 is 2.03 bits per heavy atom. The van der Waals surface area contributed by atoms with Gasteiger partial charge in [-0.2, -0.15) is 0 Å². The Labute approximate surface area is 184 Å². The van der Waals surface area contributed by atoms with Gasteiger partial charge in [-0.1, -0.05) is 19.9 Å². The summed E-state index contributed by atoms with van der Waals surface area (Å²) in [6.07, 6.45) is 6.19. The van der Waals surface area contributed by atoms with Crippen LogP contribution in [0.2, 0.25) is 0 Å². The fraction of sp³-hybridized carbons (Fsp3) is 0.542. The van der Waals surface area contributed by atoms with Crippen molar-refractivity contribution in [1.29, 1.82) is 0 Å². The van der Waals surface area contributed by atoms with Gasteiger partial charge in [0, 0.05) is 62.7 Å². The normalized spacial score (nSPS) is 20.0. The second-order valence-electron chi connectivity index (χ2n) is 8.97. The van der Waals surface area contributed by atoms with Crippen LogP contribution in [-0.4, -0.2) is 53.0 Å². The number of carbonyl (C=O) groups is 2. The van der Waals surface area contributed by atoms with Crippen LogP contribution in [0.15, 0.2) is 36.7 Å². The summed E-state index contributed by atoms with van der Waals surface area (Å²) in [6, 6.07) is 7.45. The molecule has 4 rings (SSSR count). The number of likely N-dealkylation sites (tertiary alicyclic amines) is 1. The summed E-state index contributed by atoms with van der Waals surface area (Å²) in [5.74, 6) is 2.64. The molecule has 2 fully saturated rings. The third kappa shape index (κ3) is 4.60. The van der Waals surface area contributed by atoms with Gasteiger partial charge in [0.15, 0.2) is 0 Å². The van der Waals surface area contributed by atoms with Crippen LogP contribution in [0.25, 0.3) is 0 Å². The van der Waals surface area contributed by atoms with Crippen molar-refractivity contribution in [2.24, 2.45) is 11.8 Å². The lowest BCUT2D eigenvalue weighted by Crippen LogP contribution is -2.43. The van der Waals surface area contributed by atoms with E-state index in [0.717, 1.165) is 44.0 Å². The molecular weight excluding hydrogens is 392 g/mol. The average molecular weight is 425 g/mol. The fourth-order valence-corrected chi connectivity index (χ4v) is 4.75. The number of imidazole rings is 1. The molecule has 7 nitrogen and oxygen atoms in total. The van der Waals surface area contributed by atoms with E-state index in [4.69, 9.17) is 4.74 Å². The predicted octanol–water partition coefficient (Wildman–Crippen LogP) is 3.31. The first-order chi connectivity index (χ1) is 15.0. The van der Waals surface area contributed by atoms with Crippen molar-refractivity contribution in [3.8, 4) is 5.75 Å². The lowest BCUT2D eigenvalue weighted by molar-refractivity contribution is -0.137. The second-order valence-corrected chi connectivity index (χ2v) is 8.97. The van der Waals surface area contributed by atoms with Crippen molar-refractivity contribution in [3.05, 3.63) is 42.5 Å². The number of ether oxygens (including phenoxy) is 1. The molecule has 31 heavy (non-hydrogen) atoms. The molecule has 1 aromatic heterocycles. The first-order valence-electron chi connectivity index (χ1n) is 11.2. The van der Waals surface area contributed by atoms with Crippen LogP contribution in [0, 0.1) is 11.8 Å². The maximum Gasteiger partial charge on any atom is 0.228 e. The molecule has 0 bridgehead atoms. The summed E-state index contributed by atoms with van der Waals surface area (Å²) in [6.45, 7) is 7.26. The fourth-order valence-electron chi connectivity index (χ4n) is 4.75. The third-order valence-corrected chi connectivity index (χ3v) is 6.48. The molecule has 0 N–H and O–H groups in total. The van der Waals surface area contributed by atoms with Crippen molar-refractivity contribution in [2.45, 2.75) is 45.6 Å². The van der Waals surface area contributed by atoms with Gasteiger partial charge in [-0.15, -0.1) is 0 Å². The van der Waals surface area contributed by atoms with E-state index in [2.05, 4.69) is 29.6 Å². The molecule has 1 aromatic carbocycles. The number of nitrogens with zero attached hydrogens (tertiary/aromatic N) is 4. The number of carbonyl (C=O) groups excluding carboxylic acids is 2. The van der Waals surface area contributed by atoms with E-state index in [0.29, 0.717) is 24.1 Å². The molecule has 7 heteroatoms. The maximum atomic E-state index is 13.1. The van der Waals surface area contributed by atoms with Crippen LogP contribution in [-0.2, 0) is 16.1 Å². The summed E-state index contributed by atoms with van der Waals surface area (Å²) < 4.78 is 7.53. The minimum atomic E-state index is -0.267. The Morgan fingerprint density at radius 1 is 1.26 bits per heavy atom. The largest absolute Gasteiger partial charge is 0.497 e. The molecule has 2 aliphatic heterocycles. The highest BCUT2D eigenvalue weighted by molar-refractivity contribution is 6.00. The number of benzene rings is 1. The lowest BCUT2D eigenvalue weighted by Gasteiger charge is -2.34. The van der Waals surface area contributed by atoms with Crippen molar-refractivity contribution >= 4 is 17.5 Å². The molecule has 2 saturated heterocycles. The Morgan fingerprint density at radius 3 is 2.74 bits per heavy atom. The van der Waals surface area contributed by atoms with Gasteiger partial charge in [0.25, 0.3) is 0 Å². The van der Waals surface area contributed by atoms with Crippen LogP contribution >= 0.6 is 0 Å². The number of anilines is 1. The van der Waals surface area contributed by atoms with E-state index in [1.54, 1.807) is 12.0 Å². The first-order valence-corrected chi connectivity index (χ1v) is 11.2. The highest BCUT2D eigenvalue weighted by atomic mass is 16.5. The van der Waals surface area contributed by atoms with Gasteiger partial charge in [-0.25, -0.2) is 4.98 Å². The van der Waals surface area contributed by atoms with Crippen LogP contribution in [0.4, 0.5) is 5.69 Å². The highest BCUT2D eigenvalue weighted by Crippen LogP contribution is 2.30. The molecule has 2 aliphatic rings. The summed E-state index contributed by atoms with van der Waals surface area (Å²) in [5, 5.41) is 0. The van der Waals surface area contributed by atoms with E-state index in [1.807, 2.05) is 35.4 Å². The predicted molar refractivity (Wildman–Crippen MR) is 119 cm³/mol. The number of hydrogen-bond acceptors (Lipinski definition) is 4. The minimum absolute atomic E-state index is 0.00260. The molecule has 0 radical (unpaired) electrons. The molecule has 3 heterocycles. The molecule has 1 unspecified atom stereocenters. The zero-order chi connectivity index (χ0) is 22.0. The van der Waals surface area contributed by atoms with Gasteiger partial charge in [-0.3, -0.25) is 9.59 Å². The van der Waals surface area contributed by atoms with Crippen LogP contribution in [0.1, 0.15) is 44.9 Å². The van der Waals surface area contributed by atoms with Crippen molar-refractivity contribution in [3.63, 3.8) is 0 Å². The maximum absolute atomic E-state index is 13.1. The first kappa shape index (κ1) is 21.4. The molecule has 0 spiro atoms. The van der Waals surface area contributed by atoms with Gasteiger partial charge in [0.1, 0.15) is 11.6 Å². The van der Waals surface area contributed by atoms with Crippen molar-refractivity contribution in [1.82, 2.24) is 14.5 Å². The number of amides is 2. The van der Waals surface area contributed by atoms with E-state index < -0.39 is 0 Å². The lowest BCUT2D eigenvalue weighted by atomic mass is 9.95. The minimum Gasteiger partial charge on any atom is -0.497 e. The summed E-state index contributed by atoms with van der Waals surface area (Å²) in [4.78, 5) is 33.9. The summed E-state index contributed by atoms with van der Waals surface area (Å²) in [5.41, 5.74) is 0.791. The molecule has 0 saturated carbocycles. The van der Waals surface area contributed by atoms with Gasteiger partial charge in [-0.05, 0) is 30.9 Å². The number of rotatable bonds is 6. The molecule has 166 valence electrons. The molecular formula is C24H32N4O3. The zero-order valence-corrected chi connectivity index (χ0v) is 18.7. The zero-order valence-electron chi connectivity index (χ0n) is 18.7. The number of methoxy groups -OCH3 is 1. The molecule has 0 aliphatic carbocycles. The van der Waals surface area contributed by atoms with E-state index in [1.165, 1.54) is 0 Å². The smallest absolute Gasteiger partial charge is 0.228 e. The van der Waals surface area contributed by atoms with Gasteiger partial charge < -0.3 is 19.1 Å². The quantitative estimate of drug-likeness (QED) is 0.714. The molecule has 2 aromatic rings. The Bertz CT molecular complexity index is 930. The SMILES string of the molecule is COc1cccc(N2CC(C(=O)N3CCC(Cn4ccnc4C(C)C)CC3)CC2=O)c1. The molecule has 2 amide bonds.